The molecule has 0 radical (unpaired) electrons. The number of nitrogens with zero attached hydrogens (tertiary/aromatic N) is 1. The Bertz CT molecular complexity index is 345. The average Bonchev–Trinajstić information content (AvgIpc) is 2.40. The molecule has 1 N–H and O–H groups in total. The zero-order chi connectivity index (χ0) is 12.8. The molecule has 2 nitrogen and oxygen atoms in total. The van der Waals surface area contributed by atoms with Crippen molar-refractivity contribution in [1.29, 1.82) is 0 Å². The third-order valence-electron chi connectivity index (χ3n) is 3.75. The van der Waals surface area contributed by atoms with Gasteiger partial charge in [0.25, 0.3) is 0 Å². The van der Waals surface area contributed by atoms with Gasteiger partial charge in [-0.1, -0.05) is 20.3 Å². The summed E-state index contributed by atoms with van der Waals surface area (Å²) in [6.07, 6.45) is 5.20. The number of nitrogens with one attached hydrogen (secondary N) is 1. The molecule has 0 aromatic heterocycles. The number of unbranched alkanes of at least 4 members (excludes halogenated alkanes) is 1. The van der Waals surface area contributed by atoms with Crippen molar-refractivity contribution in [2.75, 3.05) is 29.9 Å². The molecular weight excluding hydrogens is 220 g/mol. The fraction of sp³-hybridized carbons (Fsp3) is 0.625. The van der Waals surface area contributed by atoms with Crippen LogP contribution < -0.4 is 10.2 Å². The molecule has 1 heterocycles. The largest absolute Gasteiger partial charge is 0.385 e. The van der Waals surface area contributed by atoms with Crippen LogP contribution in [0.2, 0.25) is 0 Å². The number of benzene rings is 1. The van der Waals surface area contributed by atoms with Gasteiger partial charge in [0.05, 0.1) is 0 Å². The molecule has 1 atom stereocenters. The summed E-state index contributed by atoms with van der Waals surface area (Å²) in [7, 11) is 0. The van der Waals surface area contributed by atoms with Crippen LogP contribution in [0.1, 0.15) is 39.5 Å². The van der Waals surface area contributed by atoms with Gasteiger partial charge >= 0.3 is 0 Å². The number of hydrogen-bond acceptors (Lipinski definition) is 2. The second-order valence-electron chi connectivity index (χ2n) is 5.52. The van der Waals surface area contributed by atoms with E-state index in [1.54, 1.807) is 0 Å². The number of piperidine rings is 1. The fourth-order valence-corrected chi connectivity index (χ4v) is 2.62. The summed E-state index contributed by atoms with van der Waals surface area (Å²) in [5.41, 5.74) is 2.62. The smallest absolute Gasteiger partial charge is 0.0367 e. The quantitative estimate of drug-likeness (QED) is 0.786. The summed E-state index contributed by atoms with van der Waals surface area (Å²) in [6, 6.07) is 8.94. The van der Waals surface area contributed by atoms with Crippen LogP contribution in [0, 0.1) is 5.92 Å². The van der Waals surface area contributed by atoms with E-state index in [0.29, 0.717) is 0 Å². The van der Waals surface area contributed by atoms with Crippen molar-refractivity contribution in [2.24, 2.45) is 5.92 Å². The van der Waals surface area contributed by atoms with Crippen LogP contribution in [0.15, 0.2) is 24.3 Å². The van der Waals surface area contributed by atoms with Crippen LogP contribution in [0.25, 0.3) is 0 Å². The van der Waals surface area contributed by atoms with Gasteiger partial charge in [0.1, 0.15) is 0 Å². The molecule has 100 valence electrons. The molecule has 1 aromatic rings. The summed E-state index contributed by atoms with van der Waals surface area (Å²) in [4.78, 5) is 2.52. The molecule has 0 spiro atoms. The van der Waals surface area contributed by atoms with Crippen LogP contribution in [0.5, 0.6) is 0 Å². The Morgan fingerprint density at radius 3 is 2.72 bits per heavy atom. The highest BCUT2D eigenvalue weighted by Gasteiger charge is 2.16. The third kappa shape index (κ3) is 3.66. The van der Waals surface area contributed by atoms with Crippen molar-refractivity contribution in [3.63, 3.8) is 0 Å². The minimum atomic E-state index is 0.834. The molecule has 1 aliphatic heterocycles. The van der Waals surface area contributed by atoms with Crippen molar-refractivity contribution in [2.45, 2.75) is 39.5 Å². The van der Waals surface area contributed by atoms with Crippen LogP contribution >= 0.6 is 0 Å². The predicted octanol–water partition coefficient (Wildman–Crippen LogP) is 4.13. The molecule has 0 bridgehead atoms. The Hall–Kier alpha value is -1.18. The van der Waals surface area contributed by atoms with E-state index in [4.69, 9.17) is 0 Å². The highest BCUT2D eigenvalue weighted by molar-refractivity contribution is 5.55. The highest BCUT2D eigenvalue weighted by Crippen LogP contribution is 2.24. The Morgan fingerprint density at radius 1 is 1.28 bits per heavy atom. The zero-order valence-electron chi connectivity index (χ0n) is 11.8. The first kappa shape index (κ1) is 13.3. The monoisotopic (exact) mass is 246 g/mol. The summed E-state index contributed by atoms with van der Waals surface area (Å²) in [6.45, 7) is 8.08. The molecule has 0 saturated carbocycles. The van der Waals surface area contributed by atoms with Crippen molar-refractivity contribution < 1.29 is 0 Å². The molecule has 1 saturated heterocycles. The topological polar surface area (TPSA) is 15.3 Å². The van der Waals surface area contributed by atoms with E-state index in [-0.39, 0.29) is 0 Å². The van der Waals surface area contributed by atoms with Crippen LogP contribution in [0.3, 0.4) is 0 Å². The molecule has 0 aliphatic carbocycles. The lowest BCUT2D eigenvalue weighted by Gasteiger charge is -2.32. The lowest BCUT2D eigenvalue weighted by Crippen LogP contribution is -2.34. The third-order valence-corrected chi connectivity index (χ3v) is 3.75. The first-order valence-electron chi connectivity index (χ1n) is 7.38. The van der Waals surface area contributed by atoms with E-state index in [0.717, 1.165) is 12.5 Å². The van der Waals surface area contributed by atoms with Gasteiger partial charge in [-0.15, -0.1) is 0 Å². The predicted molar refractivity (Wildman–Crippen MR) is 80.5 cm³/mol. The Morgan fingerprint density at radius 2 is 2.06 bits per heavy atom. The van der Waals surface area contributed by atoms with Gasteiger partial charge in [0, 0.05) is 31.0 Å². The zero-order valence-corrected chi connectivity index (χ0v) is 11.8. The van der Waals surface area contributed by atoms with Gasteiger partial charge < -0.3 is 10.2 Å². The standard InChI is InChI=1S/C16H26N2/c1-3-4-11-17-15-7-9-16(10-8-15)18-12-5-6-14(2)13-18/h7-10,14,17H,3-6,11-13H2,1-2H3. The average molecular weight is 246 g/mol. The molecule has 2 heteroatoms. The molecule has 1 aliphatic rings. The molecule has 0 amide bonds. The molecular formula is C16H26N2. The van der Waals surface area contributed by atoms with E-state index in [1.807, 2.05) is 0 Å². The number of hydrogen-bond donors (Lipinski definition) is 1. The SMILES string of the molecule is CCCCNc1ccc(N2CCCC(C)C2)cc1. The van der Waals surface area contributed by atoms with Gasteiger partial charge in [-0.3, -0.25) is 0 Å². The Labute approximate surface area is 111 Å². The van der Waals surface area contributed by atoms with E-state index in [1.165, 1.54) is 50.1 Å². The Balaban J connectivity index is 1.90. The van der Waals surface area contributed by atoms with Crippen LogP contribution in [-0.4, -0.2) is 19.6 Å². The van der Waals surface area contributed by atoms with Gasteiger partial charge in [0.15, 0.2) is 0 Å². The minimum absolute atomic E-state index is 0.834. The van der Waals surface area contributed by atoms with Crippen LogP contribution in [0.4, 0.5) is 11.4 Å². The van der Waals surface area contributed by atoms with E-state index in [2.05, 4.69) is 48.3 Å². The summed E-state index contributed by atoms with van der Waals surface area (Å²) < 4.78 is 0. The number of anilines is 2. The highest BCUT2D eigenvalue weighted by atomic mass is 15.1. The van der Waals surface area contributed by atoms with Gasteiger partial charge in [-0.05, 0) is 49.4 Å². The lowest BCUT2D eigenvalue weighted by molar-refractivity contribution is 0.447. The van der Waals surface area contributed by atoms with E-state index in [9.17, 15) is 0 Å². The molecule has 1 fully saturated rings. The molecule has 2 rings (SSSR count). The first-order valence-corrected chi connectivity index (χ1v) is 7.38. The maximum atomic E-state index is 3.47. The maximum Gasteiger partial charge on any atom is 0.0367 e. The summed E-state index contributed by atoms with van der Waals surface area (Å²) in [5, 5.41) is 3.47. The maximum absolute atomic E-state index is 3.47. The van der Waals surface area contributed by atoms with Gasteiger partial charge in [-0.25, -0.2) is 0 Å². The van der Waals surface area contributed by atoms with Crippen molar-refractivity contribution in [3.05, 3.63) is 24.3 Å². The van der Waals surface area contributed by atoms with Crippen molar-refractivity contribution in [3.8, 4) is 0 Å². The second kappa shape index (κ2) is 6.67. The Kier molecular flexibility index (Phi) is 4.91. The van der Waals surface area contributed by atoms with E-state index >= 15 is 0 Å². The second-order valence-corrected chi connectivity index (χ2v) is 5.52. The number of rotatable bonds is 5. The summed E-state index contributed by atoms with van der Waals surface area (Å²) >= 11 is 0. The first-order chi connectivity index (χ1) is 8.79. The molecule has 1 unspecified atom stereocenters. The fourth-order valence-electron chi connectivity index (χ4n) is 2.62. The van der Waals surface area contributed by atoms with Gasteiger partial charge in [-0.2, -0.15) is 0 Å². The molecule has 18 heavy (non-hydrogen) atoms. The summed E-state index contributed by atoms with van der Waals surface area (Å²) in [5.74, 6) is 0.834. The molecule has 1 aromatic carbocycles. The van der Waals surface area contributed by atoms with Crippen molar-refractivity contribution in [1.82, 2.24) is 0 Å². The van der Waals surface area contributed by atoms with E-state index < -0.39 is 0 Å². The lowest BCUT2D eigenvalue weighted by atomic mass is 10.00. The minimum Gasteiger partial charge on any atom is -0.385 e. The van der Waals surface area contributed by atoms with Crippen molar-refractivity contribution >= 4 is 11.4 Å². The normalized spacial score (nSPS) is 19.9. The van der Waals surface area contributed by atoms with Gasteiger partial charge in [0.2, 0.25) is 0 Å². The van der Waals surface area contributed by atoms with Crippen LogP contribution in [-0.2, 0) is 0 Å².